The number of hydrogen-bond donors (Lipinski definition) is 6. The van der Waals surface area contributed by atoms with Gasteiger partial charge in [-0.15, -0.1) is 0 Å². The standard InChI is InChI=1S/C17H29N3O3.C16H27N3O3/c1-13(21)12-20(4,5)18-17(23)15-8-6-14(7-9-15)10-16(22)11-19(2)3;1-12(20)11-19(4,5)17-16(22)14-8-6-7-13(9-14)15(21)10-18(2)3/h6-9,13,16,21-22H,10-12H2,1-5H3;6-9,12,15,20-21H,10-11H2,1-5H3/p+2/t13-,16-;12-,15+/m00/s1. The van der Waals surface area contributed by atoms with E-state index < -0.39 is 24.4 Å². The average molecular weight is 635 g/mol. The second-order valence-corrected chi connectivity index (χ2v) is 13.6. The summed E-state index contributed by atoms with van der Waals surface area (Å²) >= 11 is 0. The highest BCUT2D eigenvalue weighted by atomic mass is 16.3. The minimum absolute atomic E-state index is 0.0606. The van der Waals surface area contributed by atoms with Crippen LogP contribution in [-0.4, -0.2) is 142 Å². The zero-order valence-electron chi connectivity index (χ0n) is 28.9. The van der Waals surface area contributed by atoms with Gasteiger partial charge in [-0.3, -0.25) is 0 Å². The van der Waals surface area contributed by atoms with Crippen LogP contribution in [0.3, 0.4) is 0 Å². The van der Waals surface area contributed by atoms with Gasteiger partial charge in [0, 0.05) is 6.42 Å². The molecule has 12 heteroatoms. The number of aliphatic hydroxyl groups is 4. The van der Waals surface area contributed by atoms with Gasteiger partial charge in [0.05, 0.1) is 68.2 Å². The molecule has 12 nitrogen and oxygen atoms in total. The molecule has 0 aliphatic rings. The highest BCUT2D eigenvalue weighted by molar-refractivity contribution is 5.90. The summed E-state index contributed by atoms with van der Waals surface area (Å²) in [6.45, 7) is 5.33. The Morgan fingerprint density at radius 2 is 1.18 bits per heavy atom. The summed E-state index contributed by atoms with van der Waals surface area (Å²) in [6, 6.07) is 14.1. The first kappa shape index (κ1) is 40.1. The van der Waals surface area contributed by atoms with Crippen LogP contribution in [0.1, 0.15) is 42.2 Å². The average Bonchev–Trinajstić information content (AvgIpc) is 2.86. The third kappa shape index (κ3) is 16.8. The molecule has 2 rings (SSSR count). The molecule has 0 aliphatic carbocycles. The van der Waals surface area contributed by atoms with Gasteiger partial charge in [0.15, 0.2) is 0 Å². The first-order valence-corrected chi connectivity index (χ1v) is 15.4. The van der Waals surface area contributed by atoms with E-state index in [0.29, 0.717) is 49.3 Å². The summed E-state index contributed by atoms with van der Waals surface area (Å²) in [5, 5.41) is 71.8. The molecule has 0 fully saturated rings. The van der Waals surface area contributed by atoms with Crippen LogP contribution in [0, 0.1) is 0 Å². The molecular weight excluding hydrogens is 576 g/mol. The summed E-state index contributed by atoms with van der Waals surface area (Å²) in [6.07, 6.45) is -1.50. The summed E-state index contributed by atoms with van der Waals surface area (Å²) in [7, 11) is 15.0. The van der Waals surface area contributed by atoms with Gasteiger partial charge in [0.2, 0.25) is 0 Å². The number of aliphatic hydroxyl groups excluding tert-OH is 4. The second-order valence-electron chi connectivity index (χ2n) is 13.6. The lowest BCUT2D eigenvalue weighted by Crippen LogP contribution is -3.07. The Kier molecular flexibility index (Phi) is 16.3. The summed E-state index contributed by atoms with van der Waals surface area (Å²) in [5.74, 6) is -0.655. The third-order valence-corrected chi connectivity index (χ3v) is 6.58. The number of benzene rings is 2. The lowest BCUT2D eigenvalue weighted by molar-refractivity contribution is -0.900. The Labute approximate surface area is 269 Å². The molecule has 254 valence electrons. The van der Waals surface area contributed by atoms with Crippen LogP contribution in [0.4, 0.5) is 0 Å². The maximum Gasteiger partial charge on any atom is 0.128 e. The van der Waals surface area contributed by atoms with E-state index in [2.05, 4.69) is 10.2 Å². The topological polar surface area (TPSA) is 161 Å². The molecule has 0 aromatic heterocycles. The van der Waals surface area contributed by atoms with Crippen molar-refractivity contribution in [1.29, 1.82) is 0 Å². The smallest absolute Gasteiger partial charge is 0.128 e. The summed E-state index contributed by atoms with van der Waals surface area (Å²) < 4.78 is 0.147. The quantitative estimate of drug-likeness (QED) is 0.0518. The molecule has 4 atom stereocenters. The normalized spacial score (nSPS) is 15.8. The maximum absolute atomic E-state index is 12.3. The molecule has 0 heterocycles. The van der Waals surface area contributed by atoms with Crippen molar-refractivity contribution in [3.05, 3.63) is 70.8 Å². The zero-order valence-corrected chi connectivity index (χ0v) is 28.9. The van der Waals surface area contributed by atoms with E-state index in [0.717, 1.165) is 10.5 Å². The van der Waals surface area contributed by atoms with Gasteiger partial charge in [-0.25, -0.2) is 9.18 Å². The van der Waals surface area contributed by atoms with E-state index in [9.17, 15) is 30.6 Å². The molecule has 0 saturated carbocycles. The molecule has 0 saturated heterocycles. The van der Waals surface area contributed by atoms with Gasteiger partial charge < -0.3 is 40.4 Å². The number of quaternary nitrogens is 4. The van der Waals surface area contributed by atoms with E-state index >= 15 is 0 Å². The van der Waals surface area contributed by atoms with E-state index in [1.807, 2.05) is 40.3 Å². The van der Waals surface area contributed by atoms with Crippen LogP contribution < -0.4 is 20.0 Å². The van der Waals surface area contributed by atoms with Crippen LogP contribution in [0.15, 0.2) is 58.7 Å². The third-order valence-electron chi connectivity index (χ3n) is 6.58. The highest BCUT2D eigenvalue weighted by Crippen LogP contribution is 2.14. The Bertz CT molecular complexity index is 1210. The van der Waals surface area contributed by atoms with Gasteiger partial charge in [-0.05, 0) is 42.2 Å². The molecule has 2 aromatic carbocycles. The van der Waals surface area contributed by atoms with Crippen molar-refractivity contribution in [2.45, 2.75) is 44.7 Å². The summed E-state index contributed by atoms with van der Waals surface area (Å²) in [5.41, 5.74) is 2.66. The molecule has 0 bridgehead atoms. The molecule has 0 aliphatic heterocycles. The Morgan fingerprint density at radius 1 is 0.711 bits per heavy atom. The molecule has 0 spiro atoms. The minimum Gasteiger partial charge on any atom is -0.855 e. The molecular formula is C33H58N6O6+2. The number of hydrogen-bond acceptors (Lipinski definition) is 8. The van der Waals surface area contributed by atoms with Gasteiger partial charge in [-0.2, -0.15) is 0 Å². The van der Waals surface area contributed by atoms with Crippen molar-refractivity contribution in [1.82, 2.24) is 0 Å². The largest absolute Gasteiger partial charge is 0.855 e. The van der Waals surface area contributed by atoms with Crippen LogP contribution in [0.25, 0.3) is 0 Å². The van der Waals surface area contributed by atoms with Crippen molar-refractivity contribution in [2.75, 3.05) is 82.6 Å². The molecule has 0 amide bonds. The van der Waals surface area contributed by atoms with Crippen molar-refractivity contribution >= 4 is 11.8 Å². The lowest BCUT2D eigenvalue weighted by Gasteiger charge is -2.26. The van der Waals surface area contributed by atoms with Gasteiger partial charge in [-0.1, -0.05) is 52.7 Å². The van der Waals surface area contributed by atoms with E-state index in [1.54, 1.807) is 78.4 Å². The van der Waals surface area contributed by atoms with Crippen molar-refractivity contribution in [2.24, 2.45) is 10.2 Å². The predicted molar refractivity (Wildman–Crippen MR) is 173 cm³/mol. The predicted octanol–water partition coefficient (Wildman–Crippen LogP) is -3.44. The van der Waals surface area contributed by atoms with Crippen molar-refractivity contribution < 1.29 is 49.6 Å². The fraction of sp³-hybridized carbons (Fsp3) is 0.576. The number of likely N-dealkylation sites (N-methyl/N-ethyl adjacent to an activating group) is 4. The summed E-state index contributed by atoms with van der Waals surface area (Å²) in [4.78, 5) is 2.32. The van der Waals surface area contributed by atoms with E-state index in [1.165, 1.54) is 4.90 Å². The Hall–Kier alpha value is -2.94. The Morgan fingerprint density at radius 3 is 1.62 bits per heavy atom. The molecule has 0 unspecified atom stereocenters. The molecule has 6 N–H and O–H groups in total. The first-order chi connectivity index (χ1) is 20.7. The lowest BCUT2D eigenvalue weighted by atomic mass is 10.1. The van der Waals surface area contributed by atoms with Crippen molar-refractivity contribution in [3.63, 3.8) is 0 Å². The van der Waals surface area contributed by atoms with E-state index in [-0.39, 0.29) is 21.0 Å². The van der Waals surface area contributed by atoms with E-state index in [4.69, 9.17) is 0 Å². The van der Waals surface area contributed by atoms with Gasteiger partial charge in [0.25, 0.3) is 0 Å². The molecule has 2 aromatic rings. The number of nitrogens with one attached hydrogen (secondary N) is 2. The number of nitrogens with zero attached hydrogens (tertiary/aromatic N) is 4. The fourth-order valence-corrected chi connectivity index (χ4v) is 4.96. The molecule has 0 radical (unpaired) electrons. The molecule has 45 heavy (non-hydrogen) atoms. The fourth-order valence-electron chi connectivity index (χ4n) is 4.96. The van der Waals surface area contributed by atoms with Gasteiger partial charge in [0.1, 0.15) is 50.6 Å². The minimum atomic E-state index is -0.613. The number of rotatable bonds is 15. The van der Waals surface area contributed by atoms with Crippen molar-refractivity contribution in [3.8, 4) is 0 Å². The SMILES string of the molecule is C[C@H](O)C[N+](C)(C)N=C([O-])c1ccc(C[C@H](O)C[NH+](C)C)cc1.C[C@H](O)C[N+](C)(C)N=C([O-])c1cccc([C@H](O)C[NH+](C)C)c1. The maximum atomic E-state index is 12.3. The van der Waals surface area contributed by atoms with Gasteiger partial charge >= 0.3 is 0 Å². The second kappa shape index (κ2) is 18.3. The first-order valence-electron chi connectivity index (χ1n) is 15.4. The van der Waals surface area contributed by atoms with Crippen LogP contribution in [0.2, 0.25) is 0 Å². The monoisotopic (exact) mass is 634 g/mol. The van der Waals surface area contributed by atoms with Crippen LogP contribution in [-0.2, 0) is 6.42 Å². The van der Waals surface area contributed by atoms with Crippen LogP contribution in [0.5, 0.6) is 0 Å². The highest BCUT2D eigenvalue weighted by Gasteiger charge is 2.19. The zero-order chi connectivity index (χ0) is 34.5. The van der Waals surface area contributed by atoms with Crippen LogP contribution >= 0.6 is 0 Å². The Balaban J connectivity index is 0.000000450.